The Morgan fingerprint density at radius 1 is 1.27 bits per heavy atom. The molecule has 1 fully saturated rings. The molecule has 1 aliphatic rings. The lowest BCUT2D eigenvalue weighted by atomic mass is 10.1. The fourth-order valence-electron chi connectivity index (χ4n) is 2.64. The lowest BCUT2D eigenvalue weighted by molar-refractivity contribution is -0.143. The second-order valence-corrected chi connectivity index (χ2v) is 6.88. The summed E-state index contributed by atoms with van der Waals surface area (Å²) in [6.07, 6.45) is 3.45. The molecule has 0 saturated heterocycles. The Morgan fingerprint density at radius 3 is 2.77 bits per heavy atom. The lowest BCUT2D eigenvalue weighted by Gasteiger charge is -2.10. The lowest BCUT2D eigenvalue weighted by Crippen LogP contribution is -2.34. The van der Waals surface area contributed by atoms with E-state index >= 15 is 0 Å². The van der Waals surface area contributed by atoms with Crippen molar-refractivity contribution in [3.8, 4) is 0 Å². The monoisotopic (exact) mass is 317 g/mol. The number of carboxylic acid groups (broad SMARTS) is 1. The molecule has 2 N–H and O–H groups in total. The zero-order valence-corrected chi connectivity index (χ0v) is 13.1. The minimum absolute atomic E-state index is 0.0490. The molecule has 0 spiro atoms. The summed E-state index contributed by atoms with van der Waals surface area (Å²) in [6.45, 7) is 0.266. The van der Waals surface area contributed by atoms with Crippen LogP contribution in [0, 0.1) is 5.41 Å². The Labute approximate surface area is 133 Å². The molecule has 0 atom stereocenters. The average Bonchev–Trinajstić information content (AvgIpc) is 3.21. The molecular weight excluding hydrogens is 298 g/mol. The molecule has 0 aliphatic heterocycles. The summed E-state index contributed by atoms with van der Waals surface area (Å²) < 4.78 is 1.28. The molecule has 22 heavy (non-hydrogen) atoms. The summed E-state index contributed by atoms with van der Waals surface area (Å²) >= 11 is 1.73. The number of carboxylic acids is 1. The first-order valence-electron chi connectivity index (χ1n) is 7.56. The van der Waals surface area contributed by atoms with Crippen LogP contribution in [0.25, 0.3) is 10.1 Å². The second kappa shape index (κ2) is 6.08. The number of fused-ring (bicyclic) bond motifs is 1. The van der Waals surface area contributed by atoms with Gasteiger partial charge in [0.15, 0.2) is 0 Å². The van der Waals surface area contributed by atoms with Crippen molar-refractivity contribution in [2.75, 3.05) is 6.54 Å². The minimum Gasteiger partial charge on any atom is -0.481 e. The molecular formula is C17H19NO3S. The van der Waals surface area contributed by atoms with Crippen LogP contribution in [0.1, 0.15) is 31.2 Å². The Hall–Kier alpha value is -1.88. The zero-order chi connectivity index (χ0) is 15.6. The van der Waals surface area contributed by atoms with Gasteiger partial charge in [0, 0.05) is 17.7 Å². The summed E-state index contributed by atoms with van der Waals surface area (Å²) in [5.74, 6) is -0.843. The molecule has 0 radical (unpaired) electrons. The van der Waals surface area contributed by atoms with Crippen molar-refractivity contribution in [2.24, 2.45) is 5.41 Å². The van der Waals surface area contributed by atoms with E-state index < -0.39 is 11.4 Å². The molecule has 1 aromatic carbocycles. The van der Waals surface area contributed by atoms with E-state index in [-0.39, 0.29) is 12.5 Å². The maximum Gasteiger partial charge on any atom is 0.311 e. The van der Waals surface area contributed by atoms with Gasteiger partial charge in [-0.05, 0) is 48.1 Å². The molecule has 0 bridgehead atoms. The highest BCUT2D eigenvalue weighted by Gasteiger charge is 2.50. The zero-order valence-electron chi connectivity index (χ0n) is 12.3. The van der Waals surface area contributed by atoms with Gasteiger partial charge < -0.3 is 10.4 Å². The molecule has 2 aromatic rings. The van der Waals surface area contributed by atoms with Gasteiger partial charge in [0.25, 0.3) is 0 Å². The van der Waals surface area contributed by atoms with Gasteiger partial charge in [0.05, 0.1) is 5.41 Å². The third kappa shape index (κ3) is 3.14. The number of benzene rings is 1. The van der Waals surface area contributed by atoms with Crippen LogP contribution in [-0.2, 0) is 16.0 Å². The number of amides is 1. The fraction of sp³-hybridized carbons (Fsp3) is 0.412. The van der Waals surface area contributed by atoms with Gasteiger partial charge in [-0.1, -0.05) is 18.2 Å². The smallest absolute Gasteiger partial charge is 0.311 e. The van der Waals surface area contributed by atoms with E-state index in [0.29, 0.717) is 19.3 Å². The van der Waals surface area contributed by atoms with E-state index in [1.54, 1.807) is 11.3 Å². The molecule has 1 aromatic heterocycles. The van der Waals surface area contributed by atoms with E-state index in [1.165, 1.54) is 15.6 Å². The van der Waals surface area contributed by atoms with Gasteiger partial charge in [-0.3, -0.25) is 9.59 Å². The molecule has 5 heteroatoms. The molecule has 1 aliphatic carbocycles. The first-order chi connectivity index (χ1) is 10.6. The van der Waals surface area contributed by atoms with Crippen molar-refractivity contribution in [2.45, 2.75) is 32.1 Å². The third-order valence-corrected chi connectivity index (χ3v) is 5.35. The number of nitrogens with one attached hydrogen (secondary N) is 1. The Morgan fingerprint density at radius 2 is 2.05 bits per heavy atom. The van der Waals surface area contributed by atoms with Crippen molar-refractivity contribution in [3.63, 3.8) is 0 Å². The summed E-state index contributed by atoms with van der Waals surface area (Å²) in [4.78, 5) is 22.9. The minimum atomic E-state index is -0.794. The molecule has 1 amide bonds. The van der Waals surface area contributed by atoms with Crippen molar-refractivity contribution in [3.05, 3.63) is 35.2 Å². The molecule has 3 rings (SSSR count). The van der Waals surface area contributed by atoms with E-state index in [2.05, 4.69) is 22.8 Å². The predicted octanol–water partition coefficient (Wildman–Crippen LogP) is 3.21. The van der Waals surface area contributed by atoms with Crippen LogP contribution in [0.2, 0.25) is 0 Å². The first-order valence-corrected chi connectivity index (χ1v) is 8.44. The van der Waals surface area contributed by atoms with Gasteiger partial charge in [0.2, 0.25) is 5.91 Å². The Balaban J connectivity index is 1.45. The van der Waals surface area contributed by atoms with Gasteiger partial charge >= 0.3 is 5.97 Å². The summed E-state index contributed by atoms with van der Waals surface area (Å²) in [6, 6.07) is 8.29. The van der Waals surface area contributed by atoms with Crippen LogP contribution < -0.4 is 5.32 Å². The summed E-state index contributed by atoms with van der Waals surface area (Å²) in [5.41, 5.74) is 0.608. The van der Waals surface area contributed by atoms with Crippen molar-refractivity contribution < 1.29 is 14.7 Å². The maximum absolute atomic E-state index is 11.8. The SMILES string of the molecule is O=C(CCCc1csc2ccccc12)NCC1(C(=O)O)CC1. The number of carbonyl (C=O) groups excluding carboxylic acids is 1. The summed E-state index contributed by atoms with van der Waals surface area (Å²) in [7, 11) is 0. The highest BCUT2D eigenvalue weighted by Crippen LogP contribution is 2.45. The van der Waals surface area contributed by atoms with Crippen molar-refractivity contribution in [1.29, 1.82) is 0 Å². The maximum atomic E-state index is 11.8. The predicted molar refractivity (Wildman–Crippen MR) is 87.1 cm³/mol. The van der Waals surface area contributed by atoms with Crippen LogP contribution in [0.3, 0.4) is 0 Å². The molecule has 0 unspecified atom stereocenters. The number of hydrogen-bond donors (Lipinski definition) is 2. The summed E-state index contributed by atoms with van der Waals surface area (Å²) in [5, 5.41) is 15.3. The number of rotatable bonds is 7. The standard InChI is InChI=1S/C17H19NO3S/c19-15(18-11-17(8-9-17)16(20)21)7-3-4-12-10-22-14-6-2-1-5-13(12)14/h1-2,5-6,10H,3-4,7-9,11H2,(H,18,19)(H,20,21). The highest BCUT2D eigenvalue weighted by atomic mass is 32.1. The van der Waals surface area contributed by atoms with Crippen LogP contribution in [0.15, 0.2) is 29.6 Å². The van der Waals surface area contributed by atoms with Gasteiger partial charge in [0.1, 0.15) is 0 Å². The normalized spacial score (nSPS) is 15.6. The van der Waals surface area contributed by atoms with Gasteiger partial charge in [-0.25, -0.2) is 0 Å². The fourth-order valence-corrected chi connectivity index (χ4v) is 3.64. The topological polar surface area (TPSA) is 66.4 Å². The van der Waals surface area contributed by atoms with E-state index in [9.17, 15) is 9.59 Å². The highest BCUT2D eigenvalue weighted by molar-refractivity contribution is 7.17. The van der Waals surface area contributed by atoms with E-state index in [0.717, 1.165) is 12.8 Å². The van der Waals surface area contributed by atoms with E-state index in [1.807, 2.05) is 12.1 Å². The van der Waals surface area contributed by atoms with Crippen LogP contribution >= 0.6 is 11.3 Å². The Kier molecular flexibility index (Phi) is 4.16. The van der Waals surface area contributed by atoms with Crippen LogP contribution in [-0.4, -0.2) is 23.5 Å². The van der Waals surface area contributed by atoms with Gasteiger partial charge in [-0.15, -0.1) is 11.3 Å². The molecule has 4 nitrogen and oxygen atoms in total. The van der Waals surface area contributed by atoms with Crippen molar-refractivity contribution in [1.82, 2.24) is 5.32 Å². The molecule has 1 heterocycles. The molecule has 116 valence electrons. The van der Waals surface area contributed by atoms with Gasteiger partial charge in [-0.2, -0.15) is 0 Å². The van der Waals surface area contributed by atoms with Crippen LogP contribution in [0.5, 0.6) is 0 Å². The number of aryl methyl sites for hydroxylation is 1. The Bertz CT molecular complexity index is 703. The number of carbonyl (C=O) groups is 2. The third-order valence-electron chi connectivity index (χ3n) is 4.34. The number of aliphatic carboxylic acids is 1. The molecule has 1 saturated carbocycles. The largest absolute Gasteiger partial charge is 0.481 e. The first kappa shape index (κ1) is 15.0. The average molecular weight is 317 g/mol. The van der Waals surface area contributed by atoms with E-state index in [4.69, 9.17) is 5.11 Å². The second-order valence-electron chi connectivity index (χ2n) is 5.97. The quantitative estimate of drug-likeness (QED) is 0.824. The van der Waals surface area contributed by atoms with Crippen LogP contribution in [0.4, 0.5) is 0 Å². The number of thiophene rings is 1. The number of hydrogen-bond acceptors (Lipinski definition) is 3. The van der Waals surface area contributed by atoms with Crippen molar-refractivity contribution >= 4 is 33.3 Å².